The molecule has 1 aromatic carbocycles. The van der Waals surface area contributed by atoms with Crippen LogP contribution in [0.15, 0.2) is 41.7 Å². The number of benzene rings is 1. The fourth-order valence-corrected chi connectivity index (χ4v) is 2.20. The smallest absolute Gasteiger partial charge is 0.313 e. The fourth-order valence-electron chi connectivity index (χ4n) is 1.63. The Labute approximate surface area is 121 Å². The summed E-state index contributed by atoms with van der Waals surface area (Å²) in [6, 6.07) is 8.11. The standard InChI is InChI=1S/C14H15N3O2S/c1-10-4-2-3-5-11(10)6-16-12-7-15-8-13(17-12)20-9-14(18)19/h2-5,7-8H,6,9H2,1H3,(H,16,17)(H,18,19). The molecule has 20 heavy (non-hydrogen) atoms. The summed E-state index contributed by atoms with van der Waals surface area (Å²) in [7, 11) is 0. The molecule has 2 N–H and O–H groups in total. The van der Waals surface area contributed by atoms with Gasteiger partial charge in [-0.25, -0.2) is 4.98 Å². The van der Waals surface area contributed by atoms with Gasteiger partial charge in [-0.2, -0.15) is 0 Å². The Bertz CT molecular complexity index is 604. The molecule has 0 radical (unpaired) electrons. The van der Waals surface area contributed by atoms with Gasteiger partial charge in [0.25, 0.3) is 0 Å². The van der Waals surface area contributed by atoms with Crippen LogP contribution in [0.5, 0.6) is 0 Å². The van der Waals surface area contributed by atoms with Crippen LogP contribution in [-0.4, -0.2) is 26.8 Å². The summed E-state index contributed by atoms with van der Waals surface area (Å²) in [4.78, 5) is 18.9. The molecule has 0 atom stereocenters. The van der Waals surface area contributed by atoms with Crippen LogP contribution < -0.4 is 5.32 Å². The summed E-state index contributed by atoms with van der Waals surface area (Å²) in [5, 5.41) is 12.4. The lowest BCUT2D eigenvalue weighted by Crippen LogP contribution is -2.04. The van der Waals surface area contributed by atoms with Crippen molar-refractivity contribution in [3.63, 3.8) is 0 Å². The van der Waals surface area contributed by atoms with Crippen molar-refractivity contribution in [3.05, 3.63) is 47.8 Å². The number of aromatic nitrogens is 2. The molecule has 0 saturated carbocycles. The maximum absolute atomic E-state index is 10.5. The zero-order valence-corrected chi connectivity index (χ0v) is 11.9. The van der Waals surface area contributed by atoms with Gasteiger partial charge < -0.3 is 10.4 Å². The highest BCUT2D eigenvalue weighted by Gasteiger charge is 2.03. The number of hydrogen-bond acceptors (Lipinski definition) is 5. The van der Waals surface area contributed by atoms with Crippen molar-refractivity contribution in [2.75, 3.05) is 11.1 Å². The number of carboxylic acids is 1. The molecule has 104 valence electrons. The normalized spacial score (nSPS) is 10.2. The van der Waals surface area contributed by atoms with Crippen LogP contribution in [0.25, 0.3) is 0 Å². The van der Waals surface area contributed by atoms with Gasteiger partial charge in [0.2, 0.25) is 0 Å². The molecule has 0 unspecified atom stereocenters. The van der Waals surface area contributed by atoms with E-state index in [-0.39, 0.29) is 5.75 Å². The van der Waals surface area contributed by atoms with E-state index in [0.717, 1.165) is 11.8 Å². The van der Waals surface area contributed by atoms with E-state index in [1.165, 1.54) is 11.1 Å². The summed E-state index contributed by atoms with van der Waals surface area (Å²) in [5.74, 6) is -0.241. The van der Waals surface area contributed by atoms with E-state index >= 15 is 0 Å². The molecular weight excluding hydrogens is 274 g/mol. The zero-order chi connectivity index (χ0) is 14.4. The van der Waals surface area contributed by atoms with E-state index in [0.29, 0.717) is 17.4 Å². The highest BCUT2D eigenvalue weighted by Crippen LogP contribution is 2.16. The first-order valence-corrected chi connectivity index (χ1v) is 7.09. The Morgan fingerprint density at radius 3 is 2.90 bits per heavy atom. The van der Waals surface area contributed by atoms with Gasteiger partial charge in [-0.1, -0.05) is 36.0 Å². The van der Waals surface area contributed by atoms with Crippen molar-refractivity contribution in [3.8, 4) is 0 Å². The Hall–Kier alpha value is -2.08. The van der Waals surface area contributed by atoms with Crippen molar-refractivity contribution >= 4 is 23.5 Å². The minimum absolute atomic E-state index is 0.0179. The molecule has 2 rings (SSSR count). The predicted octanol–water partition coefficient (Wildman–Crippen LogP) is 2.57. The second-order valence-corrected chi connectivity index (χ2v) is 5.20. The average molecular weight is 289 g/mol. The lowest BCUT2D eigenvalue weighted by atomic mass is 10.1. The molecular formula is C14H15N3O2S. The van der Waals surface area contributed by atoms with Crippen molar-refractivity contribution in [1.82, 2.24) is 9.97 Å². The Balaban J connectivity index is 1.98. The molecule has 0 aliphatic rings. The van der Waals surface area contributed by atoms with Crippen LogP contribution in [0.2, 0.25) is 0 Å². The average Bonchev–Trinajstić information content (AvgIpc) is 2.45. The fraction of sp³-hybridized carbons (Fsp3) is 0.214. The van der Waals surface area contributed by atoms with E-state index in [1.807, 2.05) is 12.1 Å². The number of aliphatic carboxylic acids is 1. The van der Waals surface area contributed by atoms with Crippen LogP contribution >= 0.6 is 11.8 Å². The van der Waals surface area contributed by atoms with Crippen LogP contribution in [-0.2, 0) is 11.3 Å². The molecule has 1 heterocycles. The van der Waals surface area contributed by atoms with E-state index < -0.39 is 5.97 Å². The molecule has 0 fully saturated rings. The van der Waals surface area contributed by atoms with Gasteiger partial charge in [0.15, 0.2) is 0 Å². The quantitative estimate of drug-likeness (QED) is 0.796. The summed E-state index contributed by atoms with van der Waals surface area (Å²) in [6.07, 6.45) is 3.19. The molecule has 0 saturated heterocycles. The van der Waals surface area contributed by atoms with E-state index in [2.05, 4.69) is 34.3 Å². The molecule has 2 aromatic rings. The van der Waals surface area contributed by atoms with Crippen LogP contribution in [0.1, 0.15) is 11.1 Å². The Morgan fingerprint density at radius 1 is 1.35 bits per heavy atom. The van der Waals surface area contributed by atoms with Gasteiger partial charge in [-0.3, -0.25) is 9.78 Å². The first kappa shape index (κ1) is 14.3. The van der Waals surface area contributed by atoms with Gasteiger partial charge in [-0.05, 0) is 18.1 Å². The maximum atomic E-state index is 10.5. The first-order chi connectivity index (χ1) is 9.65. The number of hydrogen-bond donors (Lipinski definition) is 2. The molecule has 5 nitrogen and oxygen atoms in total. The number of nitrogens with zero attached hydrogens (tertiary/aromatic N) is 2. The van der Waals surface area contributed by atoms with Crippen molar-refractivity contribution in [1.29, 1.82) is 0 Å². The minimum atomic E-state index is -0.866. The summed E-state index contributed by atoms with van der Waals surface area (Å²) < 4.78 is 0. The summed E-state index contributed by atoms with van der Waals surface area (Å²) >= 11 is 1.15. The summed E-state index contributed by atoms with van der Waals surface area (Å²) in [5.41, 5.74) is 2.40. The number of aryl methyl sites for hydroxylation is 1. The number of thioether (sulfide) groups is 1. The minimum Gasteiger partial charge on any atom is -0.481 e. The number of carbonyl (C=O) groups is 1. The van der Waals surface area contributed by atoms with Gasteiger partial charge >= 0.3 is 5.97 Å². The molecule has 0 spiro atoms. The topological polar surface area (TPSA) is 75.1 Å². The highest BCUT2D eigenvalue weighted by molar-refractivity contribution is 7.99. The van der Waals surface area contributed by atoms with E-state index in [4.69, 9.17) is 5.11 Å². The summed E-state index contributed by atoms with van der Waals surface area (Å²) in [6.45, 7) is 2.72. The van der Waals surface area contributed by atoms with Crippen LogP contribution in [0, 0.1) is 6.92 Å². The van der Waals surface area contributed by atoms with Gasteiger partial charge in [0, 0.05) is 6.54 Å². The maximum Gasteiger partial charge on any atom is 0.313 e. The highest BCUT2D eigenvalue weighted by atomic mass is 32.2. The third-order valence-electron chi connectivity index (χ3n) is 2.68. The molecule has 0 aliphatic carbocycles. The number of anilines is 1. The number of nitrogens with one attached hydrogen (secondary N) is 1. The van der Waals surface area contributed by atoms with Crippen LogP contribution in [0.4, 0.5) is 5.82 Å². The molecule has 1 aromatic heterocycles. The second-order valence-electron chi connectivity index (χ2n) is 4.21. The Morgan fingerprint density at radius 2 is 2.15 bits per heavy atom. The van der Waals surface area contributed by atoms with Gasteiger partial charge in [0.05, 0.1) is 18.1 Å². The zero-order valence-electron chi connectivity index (χ0n) is 11.0. The van der Waals surface area contributed by atoms with Gasteiger partial charge in [-0.15, -0.1) is 0 Å². The SMILES string of the molecule is Cc1ccccc1CNc1cncc(SCC(=O)O)n1. The predicted molar refractivity (Wildman–Crippen MR) is 78.9 cm³/mol. The lowest BCUT2D eigenvalue weighted by molar-refractivity contribution is -0.133. The lowest BCUT2D eigenvalue weighted by Gasteiger charge is -2.08. The van der Waals surface area contributed by atoms with Crippen LogP contribution in [0.3, 0.4) is 0 Å². The van der Waals surface area contributed by atoms with Gasteiger partial charge in [0.1, 0.15) is 10.8 Å². The van der Waals surface area contributed by atoms with E-state index in [1.54, 1.807) is 12.4 Å². The van der Waals surface area contributed by atoms with Crippen molar-refractivity contribution < 1.29 is 9.90 Å². The largest absolute Gasteiger partial charge is 0.481 e. The molecule has 0 bridgehead atoms. The molecule has 6 heteroatoms. The second kappa shape index (κ2) is 6.91. The molecule has 0 amide bonds. The third kappa shape index (κ3) is 4.24. The Kier molecular flexibility index (Phi) is 4.95. The van der Waals surface area contributed by atoms with Crippen molar-refractivity contribution in [2.45, 2.75) is 18.5 Å². The number of carboxylic acid groups (broad SMARTS) is 1. The number of rotatable bonds is 6. The molecule has 0 aliphatic heterocycles. The van der Waals surface area contributed by atoms with E-state index in [9.17, 15) is 4.79 Å². The third-order valence-corrected chi connectivity index (χ3v) is 3.56. The first-order valence-electron chi connectivity index (χ1n) is 6.10. The monoisotopic (exact) mass is 289 g/mol. The van der Waals surface area contributed by atoms with Crippen molar-refractivity contribution in [2.24, 2.45) is 0 Å².